The first-order chi connectivity index (χ1) is 9.28. The monoisotopic (exact) mass is 362 g/mol. The highest BCUT2D eigenvalue weighted by atomic mass is 79.9. The van der Waals surface area contributed by atoms with Crippen molar-refractivity contribution in [3.05, 3.63) is 32.3 Å². The van der Waals surface area contributed by atoms with Gasteiger partial charge in [0.2, 0.25) is 0 Å². The van der Waals surface area contributed by atoms with Gasteiger partial charge < -0.3 is 5.32 Å². The fraction of sp³-hybridized carbons (Fsp3) is 0.500. The summed E-state index contributed by atoms with van der Waals surface area (Å²) in [6.45, 7) is 1.68. The molecule has 0 atom stereocenters. The number of aryl methyl sites for hydroxylation is 1. The fourth-order valence-corrected chi connectivity index (χ4v) is 4.29. The Morgan fingerprint density at radius 1 is 1.35 bits per heavy atom. The first-order valence-corrected chi connectivity index (χ1v) is 8.81. The lowest BCUT2D eigenvalue weighted by molar-refractivity contribution is -0.385. The lowest BCUT2D eigenvalue weighted by Gasteiger charge is -2.24. The Labute approximate surface area is 125 Å². The van der Waals surface area contributed by atoms with E-state index in [1.165, 1.54) is 6.07 Å². The van der Waals surface area contributed by atoms with Crippen molar-refractivity contribution in [3.8, 4) is 0 Å². The molecule has 0 amide bonds. The molecule has 2 rings (SSSR count). The summed E-state index contributed by atoms with van der Waals surface area (Å²) >= 11 is 3.38. The molecule has 1 aromatic rings. The van der Waals surface area contributed by atoms with Crippen LogP contribution >= 0.6 is 15.9 Å². The molecule has 0 unspecified atom stereocenters. The molecule has 1 fully saturated rings. The molecule has 1 aliphatic rings. The van der Waals surface area contributed by atoms with Gasteiger partial charge in [-0.2, -0.15) is 0 Å². The molecule has 0 radical (unpaired) electrons. The van der Waals surface area contributed by atoms with Gasteiger partial charge in [0.25, 0.3) is 5.69 Å². The van der Waals surface area contributed by atoms with E-state index in [1.807, 2.05) is 0 Å². The van der Waals surface area contributed by atoms with Crippen LogP contribution in [0.5, 0.6) is 0 Å². The van der Waals surface area contributed by atoms with Gasteiger partial charge in [-0.25, -0.2) is 8.42 Å². The van der Waals surface area contributed by atoms with Gasteiger partial charge in [0.15, 0.2) is 0 Å². The second-order valence-corrected chi connectivity index (χ2v) is 8.10. The third-order valence-electron chi connectivity index (χ3n) is 3.40. The SMILES string of the molecule is Cc1cc(Br)c(NC2CCS(=O)(=O)CC2)cc1[N+](=O)[O-]. The number of nitro groups is 1. The van der Waals surface area contributed by atoms with Crippen LogP contribution in [0.1, 0.15) is 18.4 Å². The maximum Gasteiger partial charge on any atom is 0.274 e. The van der Waals surface area contributed by atoms with Crippen LogP contribution in [0.15, 0.2) is 16.6 Å². The zero-order valence-electron chi connectivity index (χ0n) is 10.9. The smallest absolute Gasteiger partial charge is 0.274 e. The molecule has 0 aliphatic carbocycles. The average Bonchev–Trinajstić information content (AvgIpc) is 2.34. The van der Waals surface area contributed by atoms with Gasteiger partial charge in [-0.1, -0.05) is 0 Å². The van der Waals surface area contributed by atoms with E-state index in [1.54, 1.807) is 13.0 Å². The van der Waals surface area contributed by atoms with E-state index in [9.17, 15) is 18.5 Å². The molecule has 1 N–H and O–H groups in total. The molecule has 6 nitrogen and oxygen atoms in total. The highest BCUT2D eigenvalue weighted by Crippen LogP contribution is 2.32. The predicted molar refractivity (Wildman–Crippen MR) is 80.8 cm³/mol. The molecule has 0 saturated carbocycles. The molecule has 8 heteroatoms. The Bertz CT molecular complexity index is 631. The zero-order valence-corrected chi connectivity index (χ0v) is 13.3. The first-order valence-electron chi connectivity index (χ1n) is 6.20. The van der Waals surface area contributed by atoms with Crippen molar-refractivity contribution in [3.63, 3.8) is 0 Å². The number of anilines is 1. The second-order valence-electron chi connectivity index (χ2n) is 4.95. The number of benzene rings is 1. The third-order valence-corrected chi connectivity index (χ3v) is 5.77. The number of hydrogen-bond donors (Lipinski definition) is 1. The predicted octanol–water partition coefficient (Wildman–Crippen LogP) is 2.65. The molecule has 1 heterocycles. The minimum atomic E-state index is -2.91. The second kappa shape index (κ2) is 5.69. The van der Waals surface area contributed by atoms with Crippen molar-refractivity contribution in [2.45, 2.75) is 25.8 Å². The Hall–Kier alpha value is -1.15. The highest BCUT2D eigenvalue weighted by Gasteiger charge is 2.24. The number of nitrogens with zero attached hydrogens (tertiary/aromatic N) is 1. The first kappa shape index (κ1) is 15.2. The van der Waals surface area contributed by atoms with Crippen molar-refractivity contribution in [1.82, 2.24) is 0 Å². The van der Waals surface area contributed by atoms with E-state index in [2.05, 4.69) is 21.2 Å². The molecule has 1 saturated heterocycles. The lowest BCUT2D eigenvalue weighted by Crippen LogP contribution is -2.32. The van der Waals surface area contributed by atoms with E-state index in [0.717, 1.165) is 4.47 Å². The molecular formula is C12H15BrN2O4S. The summed E-state index contributed by atoms with van der Waals surface area (Å²) in [6, 6.07) is 3.21. The Morgan fingerprint density at radius 2 is 1.95 bits per heavy atom. The van der Waals surface area contributed by atoms with Crippen molar-refractivity contribution >= 4 is 37.1 Å². The van der Waals surface area contributed by atoms with Gasteiger partial charge >= 0.3 is 0 Å². The molecular weight excluding hydrogens is 348 g/mol. The summed E-state index contributed by atoms with van der Waals surface area (Å²) in [5, 5.41) is 14.1. The van der Waals surface area contributed by atoms with Gasteiger partial charge in [0.1, 0.15) is 9.84 Å². The van der Waals surface area contributed by atoms with Crippen LogP contribution in [0.4, 0.5) is 11.4 Å². The maximum absolute atomic E-state index is 11.4. The van der Waals surface area contributed by atoms with Gasteiger partial charge in [-0.3, -0.25) is 10.1 Å². The van der Waals surface area contributed by atoms with Gasteiger partial charge in [-0.05, 0) is 41.8 Å². The average molecular weight is 363 g/mol. The van der Waals surface area contributed by atoms with Crippen molar-refractivity contribution in [2.24, 2.45) is 0 Å². The van der Waals surface area contributed by atoms with Crippen LogP contribution < -0.4 is 5.32 Å². The maximum atomic E-state index is 11.4. The van der Waals surface area contributed by atoms with Gasteiger partial charge in [0.05, 0.1) is 22.1 Å². The van der Waals surface area contributed by atoms with E-state index in [4.69, 9.17) is 0 Å². The molecule has 0 aromatic heterocycles. The molecule has 1 aromatic carbocycles. The van der Waals surface area contributed by atoms with Crippen LogP contribution in [-0.2, 0) is 9.84 Å². The molecule has 0 bridgehead atoms. The Kier molecular flexibility index (Phi) is 4.33. The topological polar surface area (TPSA) is 89.3 Å². The normalized spacial score (nSPS) is 18.7. The summed E-state index contributed by atoms with van der Waals surface area (Å²) in [7, 11) is -2.91. The van der Waals surface area contributed by atoms with Crippen molar-refractivity contribution in [1.29, 1.82) is 0 Å². The van der Waals surface area contributed by atoms with Crippen LogP contribution in [-0.4, -0.2) is 30.9 Å². The van der Waals surface area contributed by atoms with E-state index >= 15 is 0 Å². The van der Waals surface area contributed by atoms with E-state index in [-0.39, 0.29) is 23.2 Å². The van der Waals surface area contributed by atoms with Gasteiger partial charge in [0, 0.05) is 22.1 Å². The minimum absolute atomic E-state index is 0.0251. The molecule has 110 valence electrons. The standard InChI is InChI=1S/C12H15BrN2O4S/c1-8-6-10(13)11(7-12(8)15(16)17)14-9-2-4-20(18,19)5-3-9/h6-7,9,14H,2-5H2,1H3. The van der Waals surface area contributed by atoms with Crippen LogP contribution in [0.25, 0.3) is 0 Å². The molecule has 0 spiro atoms. The number of hydrogen-bond acceptors (Lipinski definition) is 5. The number of nitro benzene ring substituents is 1. The lowest BCUT2D eigenvalue weighted by atomic mass is 10.1. The summed E-state index contributed by atoms with van der Waals surface area (Å²) in [5.74, 6) is 0.326. The fourth-order valence-electron chi connectivity index (χ4n) is 2.22. The summed E-state index contributed by atoms with van der Waals surface area (Å²) < 4.78 is 23.5. The number of sulfone groups is 1. The molecule has 20 heavy (non-hydrogen) atoms. The Balaban J connectivity index is 2.18. The summed E-state index contributed by atoms with van der Waals surface area (Å²) in [6.07, 6.45) is 1.05. The Morgan fingerprint density at radius 3 is 2.50 bits per heavy atom. The largest absolute Gasteiger partial charge is 0.381 e. The van der Waals surface area contributed by atoms with Crippen LogP contribution in [0, 0.1) is 17.0 Å². The quantitative estimate of drug-likeness (QED) is 0.659. The van der Waals surface area contributed by atoms with E-state index in [0.29, 0.717) is 24.1 Å². The molecule has 1 aliphatic heterocycles. The van der Waals surface area contributed by atoms with E-state index < -0.39 is 14.8 Å². The summed E-state index contributed by atoms with van der Waals surface area (Å²) in [4.78, 5) is 10.5. The summed E-state index contributed by atoms with van der Waals surface area (Å²) in [5.41, 5.74) is 1.27. The number of rotatable bonds is 3. The zero-order chi connectivity index (χ0) is 14.9. The van der Waals surface area contributed by atoms with Crippen molar-refractivity contribution < 1.29 is 13.3 Å². The minimum Gasteiger partial charge on any atom is -0.381 e. The van der Waals surface area contributed by atoms with Gasteiger partial charge in [-0.15, -0.1) is 0 Å². The third kappa shape index (κ3) is 3.49. The number of halogens is 1. The highest BCUT2D eigenvalue weighted by molar-refractivity contribution is 9.10. The number of nitrogens with one attached hydrogen (secondary N) is 1. The van der Waals surface area contributed by atoms with Crippen LogP contribution in [0.2, 0.25) is 0 Å². The van der Waals surface area contributed by atoms with Crippen LogP contribution in [0.3, 0.4) is 0 Å². The van der Waals surface area contributed by atoms with Crippen molar-refractivity contribution in [2.75, 3.05) is 16.8 Å².